The van der Waals surface area contributed by atoms with E-state index in [0.29, 0.717) is 34.6 Å². The molecule has 1 aliphatic heterocycles. The third-order valence-electron chi connectivity index (χ3n) is 3.66. The molecule has 0 radical (unpaired) electrons. The molecule has 0 aliphatic carbocycles. The Balaban J connectivity index is 1.97. The van der Waals surface area contributed by atoms with Gasteiger partial charge in [-0.2, -0.15) is 4.31 Å². The summed E-state index contributed by atoms with van der Waals surface area (Å²) in [5, 5.41) is 0. The molecule has 0 fully saturated rings. The minimum atomic E-state index is -3.50. The van der Waals surface area contributed by atoms with Gasteiger partial charge in [-0.1, -0.05) is 18.2 Å². The van der Waals surface area contributed by atoms with E-state index in [2.05, 4.69) is 15.9 Å². The van der Waals surface area contributed by atoms with Crippen LogP contribution in [-0.2, 0) is 23.0 Å². The van der Waals surface area contributed by atoms with Crippen molar-refractivity contribution in [1.82, 2.24) is 4.31 Å². The zero-order chi connectivity index (χ0) is 15.0. The third-order valence-corrected chi connectivity index (χ3v) is 6.52. The molecular weight excluding hydrogens is 352 g/mol. The summed E-state index contributed by atoms with van der Waals surface area (Å²) in [7, 11) is -3.50. The van der Waals surface area contributed by atoms with Crippen LogP contribution in [0.1, 0.15) is 11.1 Å². The van der Waals surface area contributed by atoms with Gasteiger partial charge in [0.2, 0.25) is 10.0 Å². The number of anilines is 1. The maximum Gasteiger partial charge on any atom is 0.244 e. The SMILES string of the molecule is Nc1ccc2c(c1)CN(S(=O)(=O)c1ccccc1Br)CC2. The summed E-state index contributed by atoms with van der Waals surface area (Å²) in [5.41, 5.74) is 8.61. The summed E-state index contributed by atoms with van der Waals surface area (Å²) in [4.78, 5) is 0.303. The highest BCUT2D eigenvalue weighted by atomic mass is 79.9. The highest BCUT2D eigenvalue weighted by Crippen LogP contribution is 2.29. The first-order chi connectivity index (χ1) is 9.98. The van der Waals surface area contributed by atoms with Crippen molar-refractivity contribution in [3.63, 3.8) is 0 Å². The van der Waals surface area contributed by atoms with Crippen molar-refractivity contribution in [2.75, 3.05) is 12.3 Å². The normalized spacial score (nSPS) is 15.7. The lowest BCUT2D eigenvalue weighted by molar-refractivity contribution is 0.391. The van der Waals surface area contributed by atoms with E-state index in [1.165, 1.54) is 9.87 Å². The van der Waals surface area contributed by atoms with Gasteiger partial charge in [0.1, 0.15) is 0 Å². The standard InChI is InChI=1S/C15H15BrN2O2S/c16-14-3-1-2-4-15(14)21(19,20)18-8-7-11-5-6-13(17)9-12(11)10-18/h1-6,9H,7-8,10,17H2. The van der Waals surface area contributed by atoms with Crippen molar-refractivity contribution in [3.05, 3.63) is 58.1 Å². The molecule has 1 heterocycles. The minimum absolute atomic E-state index is 0.303. The Morgan fingerprint density at radius 1 is 1.10 bits per heavy atom. The predicted molar refractivity (Wildman–Crippen MR) is 86.3 cm³/mol. The number of nitrogens with zero attached hydrogens (tertiary/aromatic N) is 1. The van der Waals surface area contributed by atoms with Gasteiger partial charge >= 0.3 is 0 Å². The van der Waals surface area contributed by atoms with Gasteiger partial charge in [0.15, 0.2) is 0 Å². The second kappa shape index (κ2) is 5.44. The van der Waals surface area contributed by atoms with Crippen molar-refractivity contribution < 1.29 is 8.42 Å². The van der Waals surface area contributed by atoms with Crippen LogP contribution in [0.15, 0.2) is 51.8 Å². The Bertz CT molecular complexity index is 790. The zero-order valence-electron chi connectivity index (χ0n) is 11.3. The van der Waals surface area contributed by atoms with E-state index in [-0.39, 0.29) is 0 Å². The van der Waals surface area contributed by atoms with Gasteiger partial charge in [-0.05, 0) is 57.7 Å². The van der Waals surface area contributed by atoms with Crippen molar-refractivity contribution in [2.45, 2.75) is 17.9 Å². The van der Waals surface area contributed by atoms with Gasteiger partial charge in [0.05, 0.1) is 4.90 Å². The average molecular weight is 367 g/mol. The maximum atomic E-state index is 12.8. The van der Waals surface area contributed by atoms with Crippen LogP contribution in [0.4, 0.5) is 5.69 Å². The summed E-state index contributed by atoms with van der Waals surface area (Å²) in [6.07, 6.45) is 0.708. The highest BCUT2D eigenvalue weighted by Gasteiger charge is 2.29. The van der Waals surface area contributed by atoms with Crippen molar-refractivity contribution >= 4 is 31.6 Å². The fourth-order valence-electron chi connectivity index (χ4n) is 2.55. The Morgan fingerprint density at radius 2 is 1.86 bits per heavy atom. The number of benzene rings is 2. The topological polar surface area (TPSA) is 63.4 Å². The molecule has 1 aliphatic rings. The summed E-state index contributed by atoms with van der Waals surface area (Å²) in [6, 6.07) is 12.6. The maximum absolute atomic E-state index is 12.8. The molecule has 0 aromatic heterocycles. The van der Waals surface area contributed by atoms with E-state index < -0.39 is 10.0 Å². The van der Waals surface area contributed by atoms with Crippen molar-refractivity contribution in [1.29, 1.82) is 0 Å². The lowest BCUT2D eigenvalue weighted by atomic mass is 10.0. The lowest BCUT2D eigenvalue weighted by Crippen LogP contribution is -2.36. The van der Waals surface area contributed by atoms with Gasteiger partial charge in [-0.15, -0.1) is 0 Å². The van der Waals surface area contributed by atoms with Crippen LogP contribution in [0, 0.1) is 0 Å². The molecule has 110 valence electrons. The minimum Gasteiger partial charge on any atom is -0.399 e. The Kier molecular flexibility index (Phi) is 3.77. The van der Waals surface area contributed by atoms with Crippen molar-refractivity contribution in [3.8, 4) is 0 Å². The summed E-state index contributed by atoms with van der Waals surface area (Å²) in [5.74, 6) is 0. The molecule has 0 amide bonds. The second-order valence-corrected chi connectivity index (χ2v) is 7.81. The first-order valence-corrected chi connectivity index (χ1v) is 8.84. The van der Waals surface area contributed by atoms with Crippen LogP contribution in [0.5, 0.6) is 0 Å². The predicted octanol–water partition coefficient (Wildman–Crippen LogP) is 2.78. The molecule has 0 saturated carbocycles. The largest absolute Gasteiger partial charge is 0.399 e. The number of halogens is 1. The van der Waals surface area contributed by atoms with E-state index >= 15 is 0 Å². The molecule has 0 saturated heterocycles. The van der Waals surface area contributed by atoms with Crippen LogP contribution in [0.2, 0.25) is 0 Å². The Morgan fingerprint density at radius 3 is 2.62 bits per heavy atom. The molecule has 2 aromatic rings. The highest BCUT2D eigenvalue weighted by molar-refractivity contribution is 9.10. The number of nitrogen functional groups attached to an aromatic ring is 1. The molecule has 4 nitrogen and oxygen atoms in total. The van der Waals surface area contributed by atoms with Crippen LogP contribution < -0.4 is 5.73 Å². The molecule has 0 atom stereocenters. The molecule has 3 rings (SSSR count). The number of fused-ring (bicyclic) bond motifs is 1. The van der Waals surface area contributed by atoms with E-state index in [0.717, 1.165) is 5.56 Å². The van der Waals surface area contributed by atoms with Gasteiger partial charge in [-0.3, -0.25) is 0 Å². The number of hydrogen-bond donors (Lipinski definition) is 1. The second-order valence-electron chi connectivity index (χ2n) is 5.05. The molecule has 0 bridgehead atoms. The molecule has 2 N–H and O–H groups in total. The van der Waals surface area contributed by atoms with Gasteiger partial charge in [-0.25, -0.2) is 8.42 Å². The van der Waals surface area contributed by atoms with Crippen LogP contribution >= 0.6 is 15.9 Å². The summed E-state index contributed by atoms with van der Waals surface area (Å²) in [6.45, 7) is 0.852. The Hall–Kier alpha value is -1.37. The van der Waals surface area contributed by atoms with Crippen LogP contribution in [-0.4, -0.2) is 19.3 Å². The molecule has 6 heteroatoms. The first-order valence-electron chi connectivity index (χ1n) is 6.60. The number of nitrogens with two attached hydrogens (primary N) is 1. The van der Waals surface area contributed by atoms with Crippen LogP contribution in [0.3, 0.4) is 0 Å². The van der Waals surface area contributed by atoms with Crippen molar-refractivity contribution in [2.24, 2.45) is 0 Å². The molecule has 21 heavy (non-hydrogen) atoms. The molecular formula is C15H15BrN2O2S. The van der Waals surface area contributed by atoms with E-state index in [1.807, 2.05) is 18.2 Å². The molecule has 2 aromatic carbocycles. The number of sulfonamides is 1. The lowest BCUT2D eigenvalue weighted by Gasteiger charge is -2.28. The number of rotatable bonds is 2. The van der Waals surface area contributed by atoms with E-state index in [1.54, 1.807) is 24.3 Å². The van der Waals surface area contributed by atoms with E-state index in [9.17, 15) is 8.42 Å². The first kappa shape index (κ1) is 14.6. The quantitative estimate of drug-likeness (QED) is 0.831. The molecule has 0 unspecified atom stereocenters. The fourth-order valence-corrected chi connectivity index (χ4v) is 4.93. The zero-order valence-corrected chi connectivity index (χ0v) is 13.7. The van der Waals surface area contributed by atoms with E-state index in [4.69, 9.17) is 5.73 Å². The average Bonchev–Trinajstić information content (AvgIpc) is 2.46. The van der Waals surface area contributed by atoms with Gasteiger partial charge in [0, 0.05) is 23.2 Å². The number of hydrogen-bond acceptors (Lipinski definition) is 3. The fraction of sp³-hybridized carbons (Fsp3) is 0.200. The summed E-state index contributed by atoms with van der Waals surface area (Å²) >= 11 is 3.32. The van der Waals surface area contributed by atoms with Crippen LogP contribution in [0.25, 0.3) is 0 Å². The monoisotopic (exact) mass is 366 g/mol. The summed E-state index contributed by atoms with van der Waals surface area (Å²) < 4.78 is 27.6. The smallest absolute Gasteiger partial charge is 0.244 e. The third kappa shape index (κ3) is 2.71. The van der Waals surface area contributed by atoms with Gasteiger partial charge < -0.3 is 5.73 Å². The molecule has 0 spiro atoms. The Labute approximate surface area is 132 Å². The van der Waals surface area contributed by atoms with Gasteiger partial charge in [0.25, 0.3) is 0 Å².